The lowest BCUT2D eigenvalue weighted by Crippen LogP contribution is -2.35. The highest BCUT2D eigenvalue weighted by Gasteiger charge is 2.31. The molecule has 0 bridgehead atoms. The van der Waals surface area contributed by atoms with Crippen molar-refractivity contribution in [1.29, 1.82) is 0 Å². The summed E-state index contributed by atoms with van der Waals surface area (Å²) in [6, 6.07) is 8.98. The van der Waals surface area contributed by atoms with Gasteiger partial charge in [-0.1, -0.05) is 40.7 Å². The summed E-state index contributed by atoms with van der Waals surface area (Å²) in [5.74, 6) is 2.32. The second kappa shape index (κ2) is 6.72. The van der Waals surface area contributed by atoms with E-state index in [1.54, 1.807) is 0 Å². The van der Waals surface area contributed by atoms with Crippen LogP contribution in [0.5, 0.6) is 5.75 Å². The van der Waals surface area contributed by atoms with Gasteiger partial charge in [0.05, 0.1) is 6.61 Å². The summed E-state index contributed by atoms with van der Waals surface area (Å²) in [4.78, 5) is 0. The highest BCUT2D eigenvalue weighted by Crippen LogP contribution is 2.39. The van der Waals surface area contributed by atoms with Crippen LogP contribution >= 0.6 is 0 Å². The molecule has 2 atom stereocenters. The second-order valence-electron chi connectivity index (χ2n) is 7.99. The van der Waals surface area contributed by atoms with Crippen LogP contribution in [-0.2, 0) is 0 Å². The molecule has 1 N–H and O–H groups in total. The maximum absolute atomic E-state index is 5.82. The Kier molecular flexibility index (Phi) is 5.18. The molecule has 1 saturated carbocycles. The first-order valence-corrected chi connectivity index (χ1v) is 8.33. The highest BCUT2D eigenvalue weighted by atomic mass is 16.5. The van der Waals surface area contributed by atoms with Gasteiger partial charge in [0.15, 0.2) is 0 Å². The number of nitrogens with one attached hydrogen (secondary N) is 1. The van der Waals surface area contributed by atoms with Crippen molar-refractivity contribution in [3.05, 3.63) is 24.3 Å². The standard InChI is InChI=1S/C19H31NO/c1-14(2)13-21-18-8-6-7-16(10-18)20-17-9-15(3)11-19(4,5)12-17/h6-8,10,14-15,17,20H,9,11-13H2,1-5H3. The zero-order valence-corrected chi connectivity index (χ0v) is 14.3. The largest absolute Gasteiger partial charge is 0.493 e. The van der Waals surface area contributed by atoms with Crippen LogP contribution in [0.25, 0.3) is 0 Å². The molecule has 0 spiro atoms. The monoisotopic (exact) mass is 289 g/mol. The van der Waals surface area contributed by atoms with E-state index in [0.717, 1.165) is 18.3 Å². The zero-order valence-electron chi connectivity index (χ0n) is 14.3. The van der Waals surface area contributed by atoms with Gasteiger partial charge in [0.2, 0.25) is 0 Å². The van der Waals surface area contributed by atoms with E-state index in [1.807, 2.05) is 6.07 Å². The van der Waals surface area contributed by atoms with Crippen LogP contribution in [0.1, 0.15) is 53.9 Å². The summed E-state index contributed by atoms with van der Waals surface area (Å²) in [5.41, 5.74) is 1.63. The average Bonchev–Trinajstić information content (AvgIpc) is 2.34. The first-order valence-electron chi connectivity index (χ1n) is 8.33. The van der Waals surface area contributed by atoms with E-state index in [0.29, 0.717) is 17.4 Å². The molecule has 0 amide bonds. The number of hydrogen-bond donors (Lipinski definition) is 1. The molecule has 0 heterocycles. The third-order valence-corrected chi connectivity index (χ3v) is 4.18. The summed E-state index contributed by atoms with van der Waals surface area (Å²) >= 11 is 0. The molecule has 0 radical (unpaired) electrons. The van der Waals surface area contributed by atoms with Crippen LogP contribution in [0.4, 0.5) is 5.69 Å². The Bertz CT molecular complexity index is 453. The second-order valence-corrected chi connectivity index (χ2v) is 7.99. The predicted octanol–water partition coefficient (Wildman–Crippen LogP) is 5.35. The minimum Gasteiger partial charge on any atom is -0.493 e. The quantitative estimate of drug-likeness (QED) is 0.789. The predicted molar refractivity (Wildman–Crippen MR) is 91.0 cm³/mol. The van der Waals surface area contributed by atoms with E-state index < -0.39 is 0 Å². The first kappa shape index (κ1) is 16.2. The summed E-state index contributed by atoms with van der Waals surface area (Å²) in [7, 11) is 0. The molecule has 0 saturated heterocycles. The third kappa shape index (κ3) is 5.26. The molecule has 0 aromatic heterocycles. The van der Waals surface area contributed by atoms with Crippen molar-refractivity contribution in [3.8, 4) is 5.75 Å². The van der Waals surface area contributed by atoms with Crippen LogP contribution in [0.2, 0.25) is 0 Å². The molecule has 0 aliphatic heterocycles. The van der Waals surface area contributed by atoms with Crippen molar-refractivity contribution < 1.29 is 4.74 Å². The van der Waals surface area contributed by atoms with Crippen LogP contribution in [0.15, 0.2) is 24.3 Å². The van der Waals surface area contributed by atoms with Gasteiger partial charge in [-0.3, -0.25) is 0 Å². The van der Waals surface area contributed by atoms with Crippen molar-refractivity contribution in [3.63, 3.8) is 0 Å². The molecular formula is C19H31NO. The molecule has 2 heteroatoms. The van der Waals surface area contributed by atoms with E-state index >= 15 is 0 Å². The molecular weight excluding hydrogens is 258 g/mol. The van der Waals surface area contributed by atoms with E-state index in [9.17, 15) is 0 Å². The molecule has 2 nitrogen and oxygen atoms in total. The molecule has 2 rings (SSSR count). The summed E-state index contributed by atoms with van der Waals surface area (Å²) in [6.07, 6.45) is 3.84. The Labute approximate surface area is 130 Å². The molecule has 1 aromatic carbocycles. The van der Waals surface area contributed by atoms with Gasteiger partial charge < -0.3 is 10.1 Å². The van der Waals surface area contributed by atoms with Gasteiger partial charge in [-0.05, 0) is 48.6 Å². The molecule has 1 aliphatic carbocycles. The molecule has 1 aromatic rings. The minimum absolute atomic E-state index is 0.446. The van der Waals surface area contributed by atoms with Gasteiger partial charge in [-0.2, -0.15) is 0 Å². The maximum atomic E-state index is 5.82. The lowest BCUT2D eigenvalue weighted by atomic mass is 9.70. The summed E-state index contributed by atoms with van der Waals surface area (Å²) in [5, 5.41) is 3.71. The van der Waals surface area contributed by atoms with Crippen LogP contribution in [-0.4, -0.2) is 12.6 Å². The lowest BCUT2D eigenvalue weighted by molar-refractivity contribution is 0.178. The van der Waals surface area contributed by atoms with Crippen molar-refractivity contribution >= 4 is 5.69 Å². The van der Waals surface area contributed by atoms with E-state index in [-0.39, 0.29) is 0 Å². The Morgan fingerprint density at radius 3 is 2.71 bits per heavy atom. The fourth-order valence-corrected chi connectivity index (χ4v) is 3.63. The third-order valence-electron chi connectivity index (χ3n) is 4.18. The van der Waals surface area contributed by atoms with E-state index in [2.05, 4.69) is 58.1 Å². The van der Waals surface area contributed by atoms with Gasteiger partial charge in [0, 0.05) is 17.8 Å². The number of hydrogen-bond acceptors (Lipinski definition) is 2. The number of benzene rings is 1. The van der Waals surface area contributed by atoms with Gasteiger partial charge in [-0.25, -0.2) is 0 Å². The van der Waals surface area contributed by atoms with E-state index in [1.165, 1.54) is 24.9 Å². The lowest BCUT2D eigenvalue weighted by Gasteiger charge is -2.39. The average molecular weight is 289 g/mol. The van der Waals surface area contributed by atoms with Crippen molar-refractivity contribution in [2.24, 2.45) is 17.3 Å². The molecule has 1 fully saturated rings. The van der Waals surface area contributed by atoms with Gasteiger partial charge >= 0.3 is 0 Å². The van der Waals surface area contributed by atoms with Crippen molar-refractivity contribution in [2.75, 3.05) is 11.9 Å². The number of anilines is 1. The van der Waals surface area contributed by atoms with Crippen molar-refractivity contribution in [2.45, 2.75) is 59.9 Å². The zero-order chi connectivity index (χ0) is 15.5. The molecule has 2 unspecified atom stereocenters. The van der Waals surface area contributed by atoms with Crippen LogP contribution < -0.4 is 10.1 Å². The Hall–Kier alpha value is -1.18. The normalized spacial score (nSPS) is 24.9. The number of ether oxygens (including phenoxy) is 1. The number of rotatable bonds is 5. The van der Waals surface area contributed by atoms with Crippen LogP contribution in [0, 0.1) is 17.3 Å². The SMILES string of the molecule is CC(C)COc1cccc(NC2CC(C)CC(C)(C)C2)c1. The highest BCUT2D eigenvalue weighted by molar-refractivity contribution is 5.49. The maximum Gasteiger partial charge on any atom is 0.121 e. The fourth-order valence-electron chi connectivity index (χ4n) is 3.63. The Morgan fingerprint density at radius 1 is 1.29 bits per heavy atom. The molecule has 1 aliphatic rings. The van der Waals surface area contributed by atoms with Gasteiger partial charge in [0.1, 0.15) is 5.75 Å². The molecule has 118 valence electrons. The topological polar surface area (TPSA) is 21.3 Å². The Balaban J connectivity index is 1.97. The smallest absolute Gasteiger partial charge is 0.121 e. The van der Waals surface area contributed by atoms with Crippen LogP contribution in [0.3, 0.4) is 0 Å². The Morgan fingerprint density at radius 2 is 2.05 bits per heavy atom. The van der Waals surface area contributed by atoms with E-state index in [4.69, 9.17) is 4.74 Å². The first-order chi connectivity index (χ1) is 9.84. The molecule has 21 heavy (non-hydrogen) atoms. The summed E-state index contributed by atoms with van der Waals surface area (Å²) in [6.45, 7) is 12.3. The van der Waals surface area contributed by atoms with Gasteiger partial charge in [0.25, 0.3) is 0 Å². The summed E-state index contributed by atoms with van der Waals surface area (Å²) < 4.78 is 5.82. The minimum atomic E-state index is 0.446. The fraction of sp³-hybridized carbons (Fsp3) is 0.684. The van der Waals surface area contributed by atoms with Crippen molar-refractivity contribution in [1.82, 2.24) is 0 Å². The van der Waals surface area contributed by atoms with Gasteiger partial charge in [-0.15, -0.1) is 0 Å².